The van der Waals surface area contributed by atoms with Gasteiger partial charge in [-0.15, -0.1) is 0 Å². The standard InChI is InChI=1S/2C14H16O3S.Ca/c2*1-3-10-5-6-12-7-11(4-2)9-14(13(12)8-10)18(15,16)17;/h2*5-9H,3-4H2,1-2H3,(H,15,16,17);/q;;+2/p-2. The van der Waals surface area contributed by atoms with Crippen LogP contribution in [0.25, 0.3) is 21.5 Å². The average Bonchev–Trinajstić information content (AvgIpc) is 2.85. The van der Waals surface area contributed by atoms with Gasteiger partial charge in [-0.25, -0.2) is 16.8 Å². The SMILES string of the molecule is CCc1cc(S(=O)(=O)[O-])c2cc(CC)ccc2c1.CCc1cc(S(=O)(=O)[O-])c2cc(CC)ccc2c1.[Ca+2]. The molecule has 6 nitrogen and oxygen atoms in total. The van der Waals surface area contributed by atoms with Crippen LogP contribution in [-0.4, -0.2) is 63.7 Å². The molecule has 0 amide bonds. The molecule has 37 heavy (non-hydrogen) atoms. The predicted octanol–water partition coefficient (Wildman–Crippen LogP) is 5.36. The zero-order chi connectivity index (χ0) is 26.7. The fourth-order valence-electron chi connectivity index (χ4n) is 4.12. The van der Waals surface area contributed by atoms with Crippen molar-refractivity contribution in [3.63, 3.8) is 0 Å². The first-order valence-corrected chi connectivity index (χ1v) is 14.8. The minimum Gasteiger partial charge on any atom is -0.744 e. The van der Waals surface area contributed by atoms with Crippen LogP contribution < -0.4 is 0 Å². The average molecular weight is 567 g/mol. The summed E-state index contributed by atoms with van der Waals surface area (Å²) in [6.07, 6.45) is 3.02. The number of rotatable bonds is 6. The van der Waals surface area contributed by atoms with Gasteiger partial charge >= 0.3 is 37.7 Å². The molecule has 0 fully saturated rings. The second-order valence-corrected chi connectivity index (χ2v) is 11.3. The topological polar surface area (TPSA) is 114 Å². The summed E-state index contributed by atoms with van der Waals surface area (Å²) in [6, 6.07) is 18.1. The molecular weight excluding hydrogens is 537 g/mol. The summed E-state index contributed by atoms with van der Waals surface area (Å²) in [5, 5.41) is 2.67. The minimum atomic E-state index is -4.44. The van der Waals surface area contributed by atoms with Crippen molar-refractivity contribution in [2.75, 3.05) is 0 Å². The molecule has 0 saturated heterocycles. The Balaban J connectivity index is 0.000000253. The summed E-state index contributed by atoms with van der Waals surface area (Å²) in [6.45, 7) is 7.85. The fourth-order valence-corrected chi connectivity index (χ4v) is 5.61. The van der Waals surface area contributed by atoms with Gasteiger partial charge in [-0.1, -0.05) is 64.1 Å². The predicted molar refractivity (Wildman–Crippen MR) is 147 cm³/mol. The van der Waals surface area contributed by atoms with E-state index in [4.69, 9.17) is 0 Å². The maximum atomic E-state index is 11.4. The Morgan fingerprint density at radius 2 is 0.838 bits per heavy atom. The molecule has 0 aromatic heterocycles. The van der Waals surface area contributed by atoms with Gasteiger partial charge in [-0.3, -0.25) is 0 Å². The molecule has 192 valence electrons. The largest absolute Gasteiger partial charge is 2.00 e. The van der Waals surface area contributed by atoms with Gasteiger partial charge in [0, 0.05) is 0 Å². The molecule has 0 heterocycles. The van der Waals surface area contributed by atoms with Crippen molar-refractivity contribution in [2.24, 2.45) is 0 Å². The van der Waals surface area contributed by atoms with E-state index in [1.54, 1.807) is 12.1 Å². The molecule has 0 bridgehead atoms. The maximum Gasteiger partial charge on any atom is 2.00 e. The first-order valence-electron chi connectivity index (χ1n) is 11.9. The van der Waals surface area contributed by atoms with E-state index in [9.17, 15) is 25.9 Å². The maximum absolute atomic E-state index is 11.4. The first-order chi connectivity index (χ1) is 16.9. The van der Waals surface area contributed by atoms with E-state index in [1.807, 2.05) is 64.1 Å². The molecule has 0 aliphatic heterocycles. The van der Waals surface area contributed by atoms with E-state index in [2.05, 4.69) is 0 Å². The summed E-state index contributed by atoms with van der Waals surface area (Å²) >= 11 is 0. The number of aryl methyl sites for hydroxylation is 4. The van der Waals surface area contributed by atoms with Crippen LogP contribution in [0.5, 0.6) is 0 Å². The molecule has 0 aliphatic carbocycles. The first kappa shape index (κ1) is 31.7. The van der Waals surface area contributed by atoms with Gasteiger partial charge < -0.3 is 9.11 Å². The molecule has 0 atom stereocenters. The van der Waals surface area contributed by atoms with Crippen LogP contribution in [0.3, 0.4) is 0 Å². The Morgan fingerprint density at radius 1 is 0.514 bits per heavy atom. The Labute approximate surface area is 249 Å². The van der Waals surface area contributed by atoms with E-state index in [1.165, 1.54) is 12.1 Å². The van der Waals surface area contributed by atoms with E-state index in [0.29, 0.717) is 23.6 Å². The molecule has 0 aliphatic rings. The van der Waals surface area contributed by atoms with Crippen molar-refractivity contribution in [3.05, 3.63) is 82.9 Å². The van der Waals surface area contributed by atoms with Crippen molar-refractivity contribution < 1.29 is 25.9 Å². The van der Waals surface area contributed by atoms with Crippen molar-refractivity contribution in [3.8, 4) is 0 Å². The zero-order valence-corrected chi connectivity index (χ0v) is 25.4. The number of fused-ring (bicyclic) bond motifs is 2. The van der Waals surface area contributed by atoms with E-state index in [0.717, 1.165) is 45.9 Å². The number of benzene rings is 4. The van der Waals surface area contributed by atoms with Gasteiger partial charge in [0.05, 0.1) is 9.79 Å². The summed E-state index contributed by atoms with van der Waals surface area (Å²) in [5.74, 6) is 0. The molecule has 0 unspecified atom stereocenters. The van der Waals surface area contributed by atoms with E-state index < -0.39 is 20.2 Å². The Kier molecular flexibility index (Phi) is 11.2. The Bertz CT molecular complexity index is 1500. The molecular formula is C28H30CaO6S2. The van der Waals surface area contributed by atoms with E-state index >= 15 is 0 Å². The Morgan fingerprint density at radius 3 is 1.11 bits per heavy atom. The molecule has 4 aromatic rings. The van der Waals surface area contributed by atoms with Crippen LogP contribution in [0.1, 0.15) is 49.9 Å². The zero-order valence-electron chi connectivity index (χ0n) is 21.6. The van der Waals surface area contributed by atoms with Gasteiger partial charge in [-0.05, 0) is 93.7 Å². The molecule has 4 rings (SSSR count). The van der Waals surface area contributed by atoms with Crippen LogP contribution in [0.15, 0.2) is 70.5 Å². The summed E-state index contributed by atoms with van der Waals surface area (Å²) in [7, 11) is -8.87. The van der Waals surface area contributed by atoms with Crippen LogP contribution in [0, 0.1) is 0 Å². The van der Waals surface area contributed by atoms with Crippen molar-refractivity contribution in [1.82, 2.24) is 0 Å². The minimum absolute atomic E-state index is 0. The molecule has 0 radical (unpaired) electrons. The Hall–Kier alpha value is -1.52. The number of hydrogen-bond donors (Lipinski definition) is 0. The normalized spacial score (nSPS) is 11.6. The fraction of sp³-hybridized carbons (Fsp3) is 0.286. The summed E-state index contributed by atoms with van der Waals surface area (Å²) in [5.41, 5.74) is 3.77. The number of hydrogen-bond acceptors (Lipinski definition) is 6. The molecule has 9 heteroatoms. The monoisotopic (exact) mass is 566 g/mol. The molecule has 0 spiro atoms. The van der Waals surface area contributed by atoms with Gasteiger partial charge in [0.1, 0.15) is 20.2 Å². The van der Waals surface area contributed by atoms with Crippen molar-refractivity contribution in [2.45, 2.75) is 63.2 Å². The quantitative estimate of drug-likeness (QED) is 0.229. The molecule has 4 aromatic carbocycles. The van der Waals surface area contributed by atoms with Gasteiger partial charge in [0.25, 0.3) is 0 Å². The summed E-state index contributed by atoms with van der Waals surface area (Å²) < 4.78 is 68.2. The summed E-state index contributed by atoms with van der Waals surface area (Å²) in [4.78, 5) is -0.209. The van der Waals surface area contributed by atoms with Crippen molar-refractivity contribution in [1.29, 1.82) is 0 Å². The second-order valence-electron chi connectivity index (χ2n) is 8.62. The van der Waals surface area contributed by atoms with Gasteiger partial charge in [-0.2, -0.15) is 0 Å². The second kappa shape index (κ2) is 13.0. The van der Waals surface area contributed by atoms with E-state index in [-0.39, 0.29) is 47.5 Å². The third-order valence-electron chi connectivity index (χ3n) is 6.25. The van der Waals surface area contributed by atoms with Crippen LogP contribution in [-0.2, 0) is 45.9 Å². The molecule has 0 saturated carbocycles. The van der Waals surface area contributed by atoms with Crippen LogP contribution in [0.4, 0.5) is 0 Å². The van der Waals surface area contributed by atoms with Gasteiger partial charge in [0.15, 0.2) is 0 Å². The van der Waals surface area contributed by atoms with Crippen LogP contribution in [0.2, 0.25) is 0 Å². The molecule has 0 N–H and O–H groups in total. The van der Waals surface area contributed by atoms with Gasteiger partial charge in [0.2, 0.25) is 0 Å². The third-order valence-corrected chi connectivity index (χ3v) is 8.01. The third kappa shape index (κ3) is 7.76. The smallest absolute Gasteiger partial charge is 0.744 e. The van der Waals surface area contributed by atoms with Crippen molar-refractivity contribution >= 4 is 79.5 Å². The van der Waals surface area contributed by atoms with Crippen LogP contribution >= 0.6 is 0 Å².